The van der Waals surface area contributed by atoms with E-state index in [0.717, 1.165) is 0 Å². The molecule has 0 bridgehead atoms. The third kappa shape index (κ3) is 1.81. The first kappa shape index (κ1) is 9.18. The fourth-order valence-electron chi connectivity index (χ4n) is 1.01. The molecule has 0 aliphatic carbocycles. The molecule has 0 heterocycles. The van der Waals surface area contributed by atoms with E-state index in [1.54, 1.807) is 19.1 Å². The molecule has 1 aromatic carbocycles. The Hall–Kier alpha value is -1.91. The minimum absolute atomic E-state index is 0.0278. The molecule has 0 saturated heterocycles. The van der Waals surface area contributed by atoms with Gasteiger partial charge >= 0.3 is 5.69 Å². The highest BCUT2D eigenvalue weighted by Gasteiger charge is 2.17. The largest absolute Gasteiger partial charge is 0.421 e. The van der Waals surface area contributed by atoms with Gasteiger partial charge in [0.1, 0.15) is 0 Å². The van der Waals surface area contributed by atoms with Crippen molar-refractivity contribution in [1.29, 1.82) is 0 Å². The van der Waals surface area contributed by atoms with Gasteiger partial charge < -0.3 is 4.74 Å². The molecular formula is C8H7NO4. The van der Waals surface area contributed by atoms with Crippen molar-refractivity contribution < 1.29 is 14.5 Å². The maximum Gasteiger partial charge on any atom is 0.314 e. The van der Waals surface area contributed by atoms with Crippen molar-refractivity contribution in [3.05, 3.63) is 33.9 Å². The number of carbonyl (C=O) groups excluding carboxylic acids is 1. The highest BCUT2D eigenvalue weighted by atomic mass is 16.6. The van der Waals surface area contributed by atoms with E-state index < -0.39 is 4.92 Å². The van der Waals surface area contributed by atoms with Crippen LogP contribution in [-0.4, -0.2) is 11.4 Å². The van der Waals surface area contributed by atoms with Gasteiger partial charge in [0.25, 0.3) is 6.47 Å². The molecular weight excluding hydrogens is 174 g/mol. The summed E-state index contributed by atoms with van der Waals surface area (Å²) in [6.45, 7) is 1.75. The second-order valence-corrected chi connectivity index (χ2v) is 2.39. The maximum absolute atomic E-state index is 10.5. The number of para-hydroxylation sites is 1. The quantitative estimate of drug-likeness (QED) is 0.402. The Kier molecular flexibility index (Phi) is 2.59. The van der Waals surface area contributed by atoms with E-state index in [4.69, 9.17) is 0 Å². The molecule has 1 aromatic rings. The molecule has 0 unspecified atom stereocenters. The summed E-state index contributed by atoms with van der Waals surface area (Å²) in [6, 6.07) is 4.54. The molecule has 0 aliphatic rings. The van der Waals surface area contributed by atoms with Crippen LogP contribution in [0.5, 0.6) is 5.75 Å². The zero-order valence-electron chi connectivity index (χ0n) is 6.89. The molecule has 0 N–H and O–H groups in total. The smallest absolute Gasteiger partial charge is 0.314 e. The topological polar surface area (TPSA) is 69.4 Å². The number of rotatable bonds is 3. The molecule has 0 saturated carbocycles. The van der Waals surface area contributed by atoms with Crippen LogP contribution in [0.3, 0.4) is 0 Å². The Bertz CT molecular complexity index is 348. The molecule has 0 aliphatic heterocycles. The van der Waals surface area contributed by atoms with E-state index in [9.17, 15) is 14.9 Å². The number of nitrogens with zero attached hydrogens (tertiary/aromatic N) is 1. The summed E-state index contributed by atoms with van der Waals surface area (Å²) in [6.07, 6.45) is 0. The van der Waals surface area contributed by atoms with Crippen molar-refractivity contribution in [2.45, 2.75) is 6.92 Å². The summed E-state index contributed by atoms with van der Waals surface area (Å²) >= 11 is 0. The van der Waals surface area contributed by atoms with Gasteiger partial charge in [0.15, 0.2) is 0 Å². The van der Waals surface area contributed by atoms with Crippen LogP contribution in [0.2, 0.25) is 0 Å². The van der Waals surface area contributed by atoms with Crippen molar-refractivity contribution in [2.24, 2.45) is 0 Å². The van der Waals surface area contributed by atoms with Crippen molar-refractivity contribution in [3.63, 3.8) is 0 Å². The van der Waals surface area contributed by atoms with Crippen LogP contribution in [0, 0.1) is 17.0 Å². The fraction of sp³-hybridized carbons (Fsp3) is 0.125. The highest BCUT2D eigenvalue weighted by molar-refractivity contribution is 5.57. The summed E-state index contributed by atoms with van der Waals surface area (Å²) in [5.74, 6) is -0.0278. The predicted octanol–water partition coefficient (Wildman–Crippen LogP) is 1.44. The van der Waals surface area contributed by atoms with Crippen molar-refractivity contribution in [1.82, 2.24) is 0 Å². The monoisotopic (exact) mass is 181 g/mol. The Morgan fingerprint density at radius 2 is 2.23 bits per heavy atom. The SMILES string of the molecule is Cc1cccc(OC=O)c1[N+](=O)[O-]. The van der Waals surface area contributed by atoms with Crippen LogP contribution in [0.1, 0.15) is 5.56 Å². The highest BCUT2D eigenvalue weighted by Crippen LogP contribution is 2.29. The van der Waals surface area contributed by atoms with Crippen molar-refractivity contribution in [3.8, 4) is 5.75 Å². The van der Waals surface area contributed by atoms with E-state index >= 15 is 0 Å². The second kappa shape index (κ2) is 3.66. The molecule has 0 radical (unpaired) electrons. The molecule has 0 aromatic heterocycles. The van der Waals surface area contributed by atoms with Gasteiger partial charge in [0.2, 0.25) is 5.75 Å². The van der Waals surface area contributed by atoms with Gasteiger partial charge in [-0.25, -0.2) is 0 Å². The number of aryl methyl sites for hydroxylation is 1. The first-order chi connectivity index (χ1) is 6.16. The minimum atomic E-state index is -0.575. The summed E-state index contributed by atoms with van der Waals surface area (Å²) in [5.41, 5.74) is 0.291. The first-order valence-corrected chi connectivity index (χ1v) is 3.51. The summed E-state index contributed by atoms with van der Waals surface area (Å²) in [7, 11) is 0. The van der Waals surface area contributed by atoms with Gasteiger partial charge in [-0.2, -0.15) is 0 Å². The molecule has 1 rings (SSSR count). The molecule has 68 valence electrons. The van der Waals surface area contributed by atoms with Crippen LogP contribution >= 0.6 is 0 Å². The maximum atomic E-state index is 10.5. The summed E-state index contributed by atoms with van der Waals surface area (Å²) < 4.78 is 4.46. The molecule has 0 fully saturated rings. The van der Waals surface area contributed by atoms with Gasteiger partial charge in [-0.1, -0.05) is 12.1 Å². The molecule has 13 heavy (non-hydrogen) atoms. The van der Waals surface area contributed by atoms with Gasteiger partial charge in [0.05, 0.1) is 4.92 Å². The Labute approximate surface area is 74.1 Å². The van der Waals surface area contributed by atoms with Gasteiger partial charge in [-0.05, 0) is 13.0 Å². The lowest BCUT2D eigenvalue weighted by molar-refractivity contribution is -0.386. The molecule has 0 spiro atoms. The third-order valence-electron chi connectivity index (χ3n) is 1.56. The van der Waals surface area contributed by atoms with Crippen LogP contribution in [0.15, 0.2) is 18.2 Å². The van der Waals surface area contributed by atoms with Gasteiger partial charge in [-0.3, -0.25) is 14.9 Å². The van der Waals surface area contributed by atoms with Crippen LogP contribution in [0.4, 0.5) is 5.69 Å². The number of nitro benzene ring substituents is 1. The summed E-state index contributed by atoms with van der Waals surface area (Å²) in [4.78, 5) is 20.0. The van der Waals surface area contributed by atoms with Crippen LogP contribution in [-0.2, 0) is 4.79 Å². The van der Waals surface area contributed by atoms with E-state index in [-0.39, 0.29) is 17.9 Å². The predicted molar refractivity (Wildman–Crippen MR) is 44.5 cm³/mol. The number of hydrogen-bond donors (Lipinski definition) is 0. The van der Waals surface area contributed by atoms with Crippen molar-refractivity contribution >= 4 is 12.2 Å². The number of hydrogen-bond acceptors (Lipinski definition) is 4. The minimum Gasteiger partial charge on any atom is -0.421 e. The fourth-order valence-corrected chi connectivity index (χ4v) is 1.01. The Morgan fingerprint density at radius 3 is 2.77 bits per heavy atom. The second-order valence-electron chi connectivity index (χ2n) is 2.39. The van der Waals surface area contributed by atoms with Crippen LogP contribution in [0.25, 0.3) is 0 Å². The number of nitro groups is 1. The van der Waals surface area contributed by atoms with Gasteiger partial charge in [0, 0.05) is 5.56 Å². The van der Waals surface area contributed by atoms with E-state index in [1.165, 1.54) is 6.07 Å². The van der Waals surface area contributed by atoms with E-state index in [1.807, 2.05) is 0 Å². The number of ether oxygens (including phenoxy) is 1. The number of carbonyl (C=O) groups is 1. The number of benzene rings is 1. The first-order valence-electron chi connectivity index (χ1n) is 3.51. The van der Waals surface area contributed by atoms with E-state index in [2.05, 4.69) is 4.74 Å². The molecule has 5 heteroatoms. The van der Waals surface area contributed by atoms with E-state index in [0.29, 0.717) is 5.56 Å². The average molecular weight is 181 g/mol. The zero-order chi connectivity index (χ0) is 9.84. The molecule has 0 amide bonds. The third-order valence-corrected chi connectivity index (χ3v) is 1.56. The lowest BCUT2D eigenvalue weighted by Crippen LogP contribution is -1.97. The molecule has 0 atom stereocenters. The van der Waals surface area contributed by atoms with Crippen molar-refractivity contribution in [2.75, 3.05) is 0 Å². The standard InChI is InChI=1S/C8H7NO4/c1-6-3-2-4-7(13-5-10)8(6)9(11)12/h2-5H,1H3. The van der Waals surface area contributed by atoms with Crippen LogP contribution < -0.4 is 4.74 Å². The zero-order valence-corrected chi connectivity index (χ0v) is 6.89. The lowest BCUT2D eigenvalue weighted by atomic mass is 10.2. The van der Waals surface area contributed by atoms with Gasteiger partial charge in [-0.15, -0.1) is 0 Å². The normalized spacial score (nSPS) is 9.31. The molecule has 5 nitrogen and oxygen atoms in total. The Balaban J connectivity index is 3.25. The summed E-state index contributed by atoms with van der Waals surface area (Å²) in [5, 5.41) is 10.5. The Morgan fingerprint density at radius 1 is 1.54 bits per heavy atom. The lowest BCUT2D eigenvalue weighted by Gasteiger charge is -2.01. The average Bonchev–Trinajstić information content (AvgIpc) is 2.04.